The van der Waals surface area contributed by atoms with Crippen LogP contribution in [0.1, 0.15) is 20.8 Å². The molecule has 2 aliphatic rings. The van der Waals surface area contributed by atoms with Crippen molar-refractivity contribution >= 4 is 5.91 Å². The van der Waals surface area contributed by atoms with Gasteiger partial charge >= 0.3 is 0 Å². The number of carbonyl (C=O) groups is 1. The number of amides is 1. The summed E-state index contributed by atoms with van der Waals surface area (Å²) in [5.74, 6) is 0.919. The van der Waals surface area contributed by atoms with Crippen molar-refractivity contribution in [3.8, 4) is 0 Å². The van der Waals surface area contributed by atoms with Crippen LogP contribution in [0.3, 0.4) is 0 Å². The topological polar surface area (TPSA) is 36.0 Å². The molecule has 2 saturated heterocycles. The van der Waals surface area contributed by atoms with Crippen molar-refractivity contribution in [2.75, 3.05) is 59.0 Å². The molecule has 0 aromatic heterocycles. The van der Waals surface area contributed by atoms with E-state index in [4.69, 9.17) is 4.74 Å². The van der Waals surface area contributed by atoms with Crippen LogP contribution in [-0.2, 0) is 9.53 Å². The van der Waals surface area contributed by atoms with E-state index in [2.05, 4.69) is 16.7 Å². The molecule has 0 radical (unpaired) electrons. The lowest BCUT2D eigenvalue weighted by Crippen LogP contribution is -2.53. The largest absolute Gasteiger partial charge is 0.380 e. The van der Waals surface area contributed by atoms with E-state index in [0.717, 1.165) is 52.5 Å². The Morgan fingerprint density at radius 1 is 1.20 bits per heavy atom. The van der Waals surface area contributed by atoms with Crippen LogP contribution in [0.2, 0.25) is 0 Å². The van der Waals surface area contributed by atoms with Crippen molar-refractivity contribution in [1.29, 1.82) is 0 Å². The maximum Gasteiger partial charge on any atom is 0.219 e. The Bertz CT molecular complexity index is 316. The van der Waals surface area contributed by atoms with Crippen LogP contribution in [0.15, 0.2) is 0 Å². The SMILES string of the molecule is CCOCCN1C[C@@H](C)[C@@H](N2CCN(C(C)=O)CC2)C1. The van der Waals surface area contributed by atoms with Crippen molar-refractivity contribution < 1.29 is 9.53 Å². The highest BCUT2D eigenvalue weighted by Crippen LogP contribution is 2.22. The van der Waals surface area contributed by atoms with Gasteiger partial charge in [-0.25, -0.2) is 0 Å². The summed E-state index contributed by atoms with van der Waals surface area (Å²) in [7, 11) is 0. The van der Waals surface area contributed by atoms with Crippen molar-refractivity contribution in [3.63, 3.8) is 0 Å². The zero-order valence-electron chi connectivity index (χ0n) is 13.2. The van der Waals surface area contributed by atoms with E-state index in [9.17, 15) is 4.79 Å². The molecule has 0 aromatic rings. The third-order valence-corrected chi connectivity index (χ3v) is 4.63. The molecule has 0 bridgehead atoms. The first kappa shape index (κ1) is 15.7. The van der Waals surface area contributed by atoms with Crippen LogP contribution < -0.4 is 0 Å². The first-order valence-corrected chi connectivity index (χ1v) is 7.91. The van der Waals surface area contributed by atoms with E-state index >= 15 is 0 Å². The van der Waals surface area contributed by atoms with Gasteiger partial charge in [-0.3, -0.25) is 14.6 Å². The van der Waals surface area contributed by atoms with Gasteiger partial charge in [0.15, 0.2) is 0 Å². The van der Waals surface area contributed by atoms with Gasteiger partial charge in [-0.15, -0.1) is 0 Å². The predicted octanol–water partition coefficient (Wildman–Crippen LogP) is 0.507. The Hall–Kier alpha value is -0.650. The molecular formula is C15H29N3O2. The lowest BCUT2D eigenvalue weighted by Gasteiger charge is -2.39. The van der Waals surface area contributed by atoms with Gasteiger partial charge in [0.25, 0.3) is 0 Å². The van der Waals surface area contributed by atoms with Gasteiger partial charge in [0.1, 0.15) is 0 Å². The van der Waals surface area contributed by atoms with Crippen LogP contribution in [0.5, 0.6) is 0 Å². The second kappa shape index (κ2) is 7.38. The molecule has 0 unspecified atom stereocenters. The fourth-order valence-electron chi connectivity index (χ4n) is 3.41. The van der Waals surface area contributed by atoms with Crippen LogP contribution in [0.25, 0.3) is 0 Å². The number of hydrogen-bond acceptors (Lipinski definition) is 4. The summed E-state index contributed by atoms with van der Waals surface area (Å²) in [5, 5.41) is 0. The van der Waals surface area contributed by atoms with Crippen LogP contribution in [0.4, 0.5) is 0 Å². The molecule has 0 aliphatic carbocycles. The van der Waals surface area contributed by atoms with Gasteiger partial charge in [0.2, 0.25) is 5.91 Å². The first-order chi connectivity index (χ1) is 9.61. The Morgan fingerprint density at radius 2 is 1.90 bits per heavy atom. The van der Waals surface area contributed by atoms with Gasteiger partial charge in [-0.1, -0.05) is 6.92 Å². The normalized spacial score (nSPS) is 29.1. The Kier molecular flexibility index (Phi) is 5.81. The fourth-order valence-corrected chi connectivity index (χ4v) is 3.41. The zero-order chi connectivity index (χ0) is 14.5. The predicted molar refractivity (Wildman–Crippen MR) is 79.7 cm³/mol. The van der Waals surface area contributed by atoms with Gasteiger partial charge in [-0.2, -0.15) is 0 Å². The third kappa shape index (κ3) is 3.93. The summed E-state index contributed by atoms with van der Waals surface area (Å²) >= 11 is 0. The highest BCUT2D eigenvalue weighted by molar-refractivity contribution is 5.73. The summed E-state index contributed by atoms with van der Waals surface area (Å²) in [6.07, 6.45) is 0. The summed E-state index contributed by atoms with van der Waals surface area (Å²) in [6, 6.07) is 0.644. The summed E-state index contributed by atoms with van der Waals surface area (Å²) < 4.78 is 5.45. The maximum absolute atomic E-state index is 11.4. The molecule has 5 heteroatoms. The monoisotopic (exact) mass is 283 g/mol. The van der Waals surface area contributed by atoms with Crippen molar-refractivity contribution in [2.45, 2.75) is 26.8 Å². The van der Waals surface area contributed by atoms with Crippen LogP contribution >= 0.6 is 0 Å². The summed E-state index contributed by atoms with van der Waals surface area (Å²) in [4.78, 5) is 18.4. The standard InChI is InChI=1S/C15H29N3O2/c1-4-20-10-9-16-11-13(2)15(12-16)18-7-5-17(6-8-18)14(3)19/h13,15H,4-12H2,1-3H3/t13-,15+/m1/s1. The summed E-state index contributed by atoms with van der Waals surface area (Å²) in [5.41, 5.74) is 0. The van der Waals surface area contributed by atoms with Gasteiger partial charge in [0, 0.05) is 65.4 Å². The molecule has 1 amide bonds. The average molecular weight is 283 g/mol. The molecule has 2 rings (SSSR count). The number of likely N-dealkylation sites (tertiary alicyclic amines) is 1. The molecule has 2 fully saturated rings. The lowest BCUT2D eigenvalue weighted by molar-refractivity contribution is -0.130. The van der Waals surface area contributed by atoms with E-state index in [1.54, 1.807) is 6.92 Å². The molecule has 0 N–H and O–H groups in total. The van der Waals surface area contributed by atoms with E-state index in [1.165, 1.54) is 6.54 Å². The minimum absolute atomic E-state index is 0.211. The highest BCUT2D eigenvalue weighted by Gasteiger charge is 2.35. The molecule has 2 heterocycles. The number of carbonyl (C=O) groups excluding carboxylic acids is 1. The van der Waals surface area contributed by atoms with E-state index < -0.39 is 0 Å². The summed E-state index contributed by atoms with van der Waals surface area (Å²) in [6.45, 7) is 14.9. The highest BCUT2D eigenvalue weighted by atomic mass is 16.5. The third-order valence-electron chi connectivity index (χ3n) is 4.63. The smallest absolute Gasteiger partial charge is 0.219 e. The first-order valence-electron chi connectivity index (χ1n) is 7.91. The minimum Gasteiger partial charge on any atom is -0.380 e. The van der Waals surface area contributed by atoms with E-state index in [1.807, 2.05) is 11.8 Å². The molecular weight excluding hydrogens is 254 g/mol. The molecule has 5 nitrogen and oxygen atoms in total. The van der Waals surface area contributed by atoms with Gasteiger partial charge in [0.05, 0.1) is 6.61 Å². The number of piperazine rings is 1. The molecule has 2 atom stereocenters. The number of ether oxygens (including phenoxy) is 1. The lowest BCUT2D eigenvalue weighted by atomic mass is 10.0. The molecule has 0 aromatic carbocycles. The molecule has 20 heavy (non-hydrogen) atoms. The van der Waals surface area contributed by atoms with Crippen molar-refractivity contribution in [3.05, 3.63) is 0 Å². The molecule has 0 saturated carbocycles. The molecule has 116 valence electrons. The minimum atomic E-state index is 0.211. The van der Waals surface area contributed by atoms with Crippen molar-refractivity contribution in [2.24, 2.45) is 5.92 Å². The zero-order valence-corrected chi connectivity index (χ0v) is 13.2. The molecule has 0 spiro atoms. The second-order valence-electron chi connectivity index (χ2n) is 6.04. The molecule has 2 aliphatic heterocycles. The van der Waals surface area contributed by atoms with E-state index in [-0.39, 0.29) is 5.91 Å². The average Bonchev–Trinajstić information content (AvgIpc) is 2.80. The van der Waals surface area contributed by atoms with Crippen LogP contribution in [0, 0.1) is 5.92 Å². The quantitative estimate of drug-likeness (QED) is 0.689. The Labute approximate surface area is 122 Å². The Morgan fingerprint density at radius 3 is 2.50 bits per heavy atom. The van der Waals surface area contributed by atoms with Crippen LogP contribution in [-0.4, -0.2) is 85.7 Å². The van der Waals surface area contributed by atoms with Gasteiger partial charge < -0.3 is 9.64 Å². The van der Waals surface area contributed by atoms with Crippen molar-refractivity contribution in [1.82, 2.24) is 14.7 Å². The fraction of sp³-hybridized carbons (Fsp3) is 0.933. The Balaban J connectivity index is 1.77. The maximum atomic E-state index is 11.4. The van der Waals surface area contributed by atoms with Gasteiger partial charge in [-0.05, 0) is 12.8 Å². The number of rotatable bonds is 5. The number of nitrogens with zero attached hydrogens (tertiary/aromatic N) is 3. The second-order valence-corrected chi connectivity index (χ2v) is 6.04. The number of hydrogen-bond donors (Lipinski definition) is 0. The van der Waals surface area contributed by atoms with E-state index in [0.29, 0.717) is 12.0 Å².